The highest BCUT2D eigenvalue weighted by Gasteiger charge is 2.16. The maximum absolute atomic E-state index is 11.7. The third kappa shape index (κ3) is 3.29. The van der Waals surface area contributed by atoms with Crippen LogP contribution in [-0.2, 0) is 14.3 Å². The van der Waals surface area contributed by atoms with Gasteiger partial charge in [0.2, 0.25) is 0 Å². The monoisotopic (exact) mass is 246 g/mol. The van der Waals surface area contributed by atoms with E-state index in [1.807, 2.05) is 32.0 Å². The van der Waals surface area contributed by atoms with Gasteiger partial charge in [0.25, 0.3) is 0 Å². The van der Waals surface area contributed by atoms with Crippen LogP contribution in [0, 0.1) is 13.8 Å². The highest BCUT2D eigenvalue weighted by molar-refractivity contribution is 6.19. The Labute approximate surface area is 107 Å². The van der Waals surface area contributed by atoms with Gasteiger partial charge in [-0.3, -0.25) is 4.79 Å². The molecule has 0 unspecified atom stereocenters. The van der Waals surface area contributed by atoms with Gasteiger partial charge in [0.15, 0.2) is 5.78 Å². The van der Waals surface area contributed by atoms with Crippen molar-refractivity contribution >= 4 is 17.8 Å². The first-order valence-electron chi connectivity index (χ1n) is 5.93. The predicted octanol–water partition coefficient (Wildman–Crippen LogP) is 2.84. The zero-order valence-electron chi connectivity index (χ0n) is 11.2. The van der Waals surface area contributed by atoms with Gasteiger partial charge in [0, 0.05) is 0 Å². The van der Waals surface area contributed by atoms with Gasteiger partial charge in [0.1, 0.15) is 5.57 Å². The summed E-state index contributed by atoms with van der Waals surface area (Å²) in [7, 11) is 0. The largest absolute Gasteiger partial charge is 0.462 e. The van der Waals surface area contributed by atoms with E-state index in [0.717, 1.165) is 16.7 Å². The van der Waals surface area contributed by atoms with Crippen LogP contribution in [0.4, 0.5) is 0 Å². The van der Waals surface area contributed by atoms with Crippen molar-refractivity contribution in [2.75, 3.05) is 6.61 Å². The maximum atomic E-state index is 11.7. The van der Waals surface area contributed by atoms with Crippen LogP contribution in [0.1, 0.15) is 30.5 Å². The summed E-state index contributed by atoms with van der Waals surface area (Å²) in [5.41, 5.74) is 3.04. The van der Waals surface area contributed by atoms with Gasteiger partial charge >= 0.3 is 5.97 Å². The third-order valence-corrected chi connectivity index (χ3v) is 2.71. The smallest absolute Gasteiger partial charge is 0.341 e. The lowest BCUT2D eigenvalue weighted by molar-refractivity contribution is -0.139. The Kier molecular flexibility index (Phi) is 4.84. The molecule has 0 heterocycles. The molecule has 0 aliphatic rings. The average Bonchev–Trinajstić information content (AvgIpc) is 2.28. The molecule has 0 amide bonds. The van der Waals surface area contributed by atoms with Crippen molar-refractivity contribution in [2.24, 2.45) is 0 Å². The number of esters is 1. The number of carbonyl (C=O) groups is 2. The Bertz CT molecular complexity index is 478. The van der Waals surface area contributed by atoms with Gasteiger partial charge in [-0.05, 0) is 50.5 Å². The predicted molar refractivity (Wildman–Crippen MR) is 71.2 cm³/mol. The molecule has 0 aliphatic carbocycles. The van der Waals surface area contributed by atoms with E-state index in [-0.39, 0.29) is 18.0 Å². The van der Waals surface area contributed by atoms with E-state index < -0.39 is 5.97 Å². The van der Waals surface area contributed by atoms with Crippen molar-refractivity contribution in [3.05, 3.63) is 40.5 Å². The molecule has 18 heavy (non-hydrogen) atoms. The summed E-state index contributed by atoms with van der Waals surface area (Å²) in [4.78, 5) is 23.2. The van der Waals surface area contributed by atoms with E-state index in [2.05, 4.69) is 0 Å². The topological polar surface area (TPSA) is 43.4 Å². The van der Waals surface area contributed by atoms with Gasteiger partial charge in [-0.1, -0.05) is 18.2 Å². The Hall–Kier alpha value is -1.90. The molecule has 0 atom stereocenters. The lowest BCUT2D eigenvalue weighted by atomic mass is 9.99. The van der Waals surface area contributed by atoms with E-state index in [9.17, 15) is 9.59 Å². The lowest BCUT2D eigenvalue weighted by Crippen LogP contribution is -2.13. The van der Waals surface area contributed by atoms with Crippen molar-refractivity contribution in [3.63, 3.8) is 0 Å². The van der Waals surface area contributed by atoms with Crippen LogP contribution in [0.2, 0.25) is 0 Å². The first-order chi connectivity index (χ1) is 8.47. The molecule has 96 valence electrons. The minimum absolute atomic E-state index is 0.0919. The summed E-state index contributed by atoms with van der Waals surface area (Å²) >= 11 is 0. The fourth-order valence-corrected chi connectivity index (χ4v) is 1.71. The van der Waals surface area contributed by atoms with Crippen molar-refractivity contribution in [3.8, 4) is 0 Å². The first-order valence-corrected chi connectivity index (χ1v) is 5.93. The molecule has 0 N–H and O–H groups in total. The number of aryl methyl sites for hydroxylation is 2. The minimum Gasteiger partial charge on any atom is -0.462 e. The number of hydrogen-bond acceptors (Lipinski definition) is 3. The highest BCUT2D eigenvalue weighted by atomic mass is 16.5. The first kappa shape index (κ1) is 14.2. The van der Waals surface area contributed by atoms with Crippen LogP contribution >= 0.6 is 0 Å². The van der Waals surface area contributed by atoms with Crippen LogP contribution in [0.3, 0.4) is 0 Å². The Morgan fingerprint density at radius 2 is 1.78 bits per heavy atom. The van der Waals surface area contributed by atoms with Gasteiger partial charge in [0.05, 0.1) is 6.61 Å². The number of Topliss-reactive ketones (excluding diaryl/α,β-unsaturated/α-hetero) is 1. The number of ether oxygens (including phenoxy) is 1. The highest BCUT2D eigenvalue weighted by Crippen LogP contribution is 2.18. The Morgan fingerprint density at radius 3 is 2.22 bits per heavy atom. The Morgan fingerprint density at radius 1 is 1.22 bits per heavy atom. The summed E-state index contributed by atoms with van der Waals surface area (Å²) in [5.74, 6) is -0.844. The van der Waals surface area contributed by atoms with E-state index in [1.54, 1.807) is 13.0 Å². The fraction of sp³-hybridized carbons (Fsp3) is 0.333. The average molecular weight is 246 g/mol. The molecule has 1 aromatic rings. The second-order valence-electron chi connectivity index (χ2n) is 4.14. The van der Waals surface area contributed by atoms with Gasteiger partial charge in [-0.2, -0.15) is 0 Å². The second-order valence-corrected chi connectivity index (χ2v) is 4.14. The molecular weight excluding hydrogens is 228 g/mol. The number of rotatable bonds is 4. The zero-order valence-corrected chi connectivity index (χ0v) is 11.2. The van der Waals surface area contributed by atoms with Gasteiger partial charge in [-0.25, -0.2) is 4.79 Å². The molecule has 3 nitrogen and oxygen atoms in total. The summed E-state index contributed by atoms with van der Waals surface area (Å²) in [5, 5.41) is 0. The van der Waals surface area contributed by atoms with Crippen molar-refractivity contribution in [1.82, 2.24) is 0 Å². The molecule has 0 spiro atoms. The number of benzene rings is 1. The molecule has 0 saturated carbocycles. The summed E-state index contributed by atoms with van der Waals surface area (Å²) in [6.07, 6.45) is 1.62. The van der Waals surface area contributed by atoms with Gasteiger partial charge in [-0.15, -0.1) is 0 Å². The summed E-state index contributed by atoms with van der Waals surface area (Å²) in [6.45, 7) is 7.24. The molecule has 3 heteroatoms. The second kappa shape index (κ2) is 6.15. The maximum Gasteiger partial charge on any atom is 0.341 e. The standard InChI is InChI=1S/C15H18O3/c1-5-18-15(17)14(12(4)16)9-13-10(2)7-6-8-11(13)3/h6-9H,5H2,1-4H3/b14-9+. The van der Waals surface area contributed by atoms with Gasteiger partial charge < -0.3 is 4.74 Å². The van der Waals surface area contributed by atoms with Crippen molar-refractivity contribution < 1.29 is 14.3 Å². The van der Waals surface area contributed by atoms with Crippen LogP contribution in [0.15, 0.2) is 23.8 Å². The molecule has 1 rings (SSSR count). The molecule has 0 aromatic heterocycles. The summed E-state index contributed by atoms with van der Waals surface area (Å²) in [6, 6.07) is 5.84. The van der Waals surface area contributed by atoms with Crippen LogP contribution in [0.5, 0.6) is 0 Å². The van der Waals surface area contributed by atoms with Crippen LogP contribution in [-0.4, -0.2) is 18.4 Å². The van der Waals surface area contributed by atoms with Crippen molar-refractivity contribution in [1.29, 1.82) is 0 Å². The van der Waals surface area contributed by atoms with Crippen molar-refractivity contribution in [2.45, 2.75) is 27.7 Å². The SMILES string of the molecule is CCOC(=O)/C(=C/c1c(C)cccc1C)C(C)=O. The fourth-order valence-electron chi connectivity index (χ4n) is 1.71. The quantitative estimate of drug-likeness (QED) is 0.355. The normalized spacial score (nSPS) is 11.2. The zero-order chi connectivity index (χ0) is 13.7. The molecule has 0 bridgehead atoms. The van der Waals surface area contributed by atoms with Crippen LogP contribution < -0.4 is 0 Å². The van der Waals surface area contributed by atoms with Crippen LogP contribution in [0.25, 0.3) is 6.08 Å². The molecule has 0 radical (unpaired) electrons. The van der Waals surface area contributed by atoms with E-state index in [0.29, 0.717) is 0 Å². The third-order valence-electron chi connectivity index (χ3n) is 2.71. The minimum atomic E-state index is -0.562. The summed E-state index contributed by atoms with van der Waals surface area (Å²) < 4.78 is 4.89. The van der Waals surface area contributed by atoms with E-state index >= 15 is 0 Å². The molecular formula is C15H18O3. The van der Waals surface area contributed by atoms with E-state index in [1.165, 1.54) is 6.92 Å². The Balaban J connectivity index is 3.25. The number of hydrogen-bond donors (Lipinski definition) is 0. The molecule has 0 aliphatic heterocycles. The number of carbonyl (C=O) groups excluding carboxylic acids is 2. The molecule has 0 fully saturated rings. The lowest BCUT2D eigenvalue weighted by Gasteiger charge is -2.08. The van der Waals surface area contributed by atoms with E-state index in [4.69, 9.17) is 4.74 Å². The molecule has 0 saturated heterocycles. The number of ketones is 1. The molecule has 1 aromatic carbocycles.